The van der Waals surface area contributed by atoms with Gasteiger partial charge in [-0.05, 0) is 49.9 Å². The molecule has 6 nitrogen and oxygen atoms in total. The fraction of sp³-hybridized carbons (Fsp3) is 0.125. The van der Waals surface area contributed by atoms with E-state index in [1.165, 1.54) is 11.8 Å². The third-order valence-corrected chi connectivity index (χ3v) is 3.82. The van der Waals surface area contributed by atoms with Crippen molar-refractivity contribution in [1.29, 1.82) is 0 Å². The summed E-state index contributed by atoms with van der Waals surface area (Å²) in [7, 11) is 0. The minimum atomic E-state index is -0.575. The van der Waals surface area contributed by atoms with E-state index in [0.29, 0.717) is 16.1 Å². The molecular weight excluding hydrogens is 312 g/mol. The van der Waals surface area contributed by atoms with E-state index < -0.39 is 5.91 Å². The highest BCUT2D eigenvalue weighted by Crippen LogP contribution is 2.28. The predicted molar refractivity (Wildman–Crippen MR) is 86.1 cm³/mol. The number of benzene rings is 1. The molecule has 0 aliphatic heterocycles. The van der Waals surface area contributed by atoms with Gasteiger partial charge in [0.15, 0.2) is 0 Å². The standard InChI is InChI=1S/C16H14N4O2S/c1-9-6-10(2)8-11(7-9)15-19-20-16(22-15)23-13-5-3-4-12(18-13)14(17)21/h3-8H,1-2H3,(H2,17,21). The molecule has 0 bridgehead atoms. The maximum absolute atomic E-state index is 11.2. The maximum atomic E-state index is 11.2. The molecular formula is C16H14N4O2S. The summed E-state index contributed by atoms with van der Waals surface area (Å²) in [5.74, 6) is -0.126. The Balaban J connectivity index is 1.85. The highest BCUT2D eigenvalue weighted by atomic mass is 32.2. The number of aromatic nitrogens is 3. The first-order valence-electron chi connectivity index (χ1n) is 6.88. The van der Waals surface area contributed by atoms with Gasteiger partial charge < -0.3 is 10.2 Å². The molecule has 0 atom stereocenters. The van der Waals surface area contributed by atoms with Crippen LogP contribution in [0, 0.1) is 13.8 Å². The first-order chi connectivity index (χ1) is 11.0. The van der Waals surface area contributed by atoms with E-state index in [0.717, 1.165) is 16.7 Å². The molecule has 2 N–H and O–H groups in total. The molecule has 0 aliphatic carbocycles. The van der Waals surface area contributed by atoms with Crippen LogP contribution in [-0.2, 0) is 0 Å². The van der Waals surface area contributed by atoms with Crippen LogP contribution in [0.15, 0.2) is 51.1 Å². The van der Waals surface area contributed by atoms with Gasteiger partial charge in [-0.15, -0.1) is 10.2 Å². The van der Waals surface area contributed by atoms with Crippen LogP contribution < -0.4 is 5.73 Å². The second-order valence-corrected chi connectivity index (χ2v) is 6.05. The molecule has 3 rings (SSSR count). The zero-order valence-corrected chi connectivity index (χ0v) is 13.4. The van der Waals surface area contributed by atoms with E-state index >= 15 is 0 Å². The summed E-state index contributed by atoms with van der Waals surface area (Å²) in [5.41, 5.74) is 8.55. The molecule has 1 aromatic carbocycles. The largest absolute Gasteiger partial charge is 0.411 e. The van der Waals surface area contributed by atoms with Gasteiger partial charge in [0.1, 0.15) is 10.7 Å². The molecule has 3 aromatic rings. The number of primary amides is 1. The minimum absolute atomic E-state index is 0.198. The van der Waals surface area contributed by atoms with Crippen LogP contribution in [-0.4, -0.2) is 21.1 Å². The fourth-order valence-electron chi connectivity index (χ4n) is 2.16. The van der Waals surface area contributed by atoms with Crippen LogP contribution in [0.1, 0.15) is 21.6 Å². The van der Waals surface area contributed by atoms with Crippen LogP contribution in [0.2, 0.25) is 0 Å². The molecule has 0 spiro atoms. The Morgan fingerprint density at radius 2 is 1.87 bits per heavy atom. The zero-order chi connectivity index (χ0) is 16.4. The van der Waals surface area contributed by atoms with Crippen molar-refractivity contribution >= 4 is 17.7 Å². The SMILES string of the molecule is Cc1cc(C)cc(-c2nnc(Sc3cccc(C(N)=O)n3)o2)c1. The lowest BCUT2D eigenvalue weighted by Crippen LogP contribution is -2.12. The van der Waals surface area contributed by atoms with Gasteiger partial charge in [-0.1, -0.05) is 23.3 Å². The number of amides is 1. The van der Waals surface area contributed by atoms with Gasteiger partial charge in [-0.25, -0.2) is 4.98 Å². The summed E-state index contributed by atoms with van der Waals surface area (Å²) in [6, 6.07) is 11.1. The fourth-order valence-corrected chi connectivity index (χ4v) is 2.84. The number of carbonyl (C=O) groups excluding carboxylic acids is 1. The molecule has 7 heteroatoms. The topological polar surface area (TPSA) is 94.9 Å². The average Bonchev–Trinajstić information content (AvgIpc) is 2.95. The monoisotopic (exact) mass is 326 g/mol. The summed E-state index contributed by atoms with van der Waals surface area (Å²) in [6.07, 6.45) is 0. The minimum Gasteiger partial charge on any atom is -0.411 e. The Morgan fingerprint density at radius 3 is 2.57 bits per heavy atom. The molecule has 2 aromatic heterocycles. The quantitative estimate of drug-likeness (QED) is 0.792. The molecule has 1 amide bonds. The summed E-state index contributed by atoms with van der Waals surface area (Å²) < 4.78 is 5.67. The molecule has 2 heterocycles. The summed E-state index contributed by atoms with van der Waals surface area (Å²) in [6.45, 7) is 4.03. The Hall–Kier alpha value is -2.67. The lowest BCUT2D eigenvalue weighted by atomic mass is 10.1. The Bertz CT molecular complexity index is 856. The average molecular weight is 326 g/mol. The van der Waals surface area contributed by atoms with Gasteiger partial charge in [0.05, 0.1) is 0 Å². The highest BCUT2D eigenvalue weighted by molar-refractivity contribution is 7.99. The number of nitrogens with two attached hydrogens (primary N) is 1. The number of hydrogen-bond donors (Lipinski definition) is 1. The van der Waals surface area contributed by atoms with E-state index in [4.69, 9.17) is 10.2 Å². The van der Waals surface area contributed by atoms with Crippen molar-refractivity contribution in [3.8, 4) is 11.5 Å². The molecule has 0 unspecified atom stereocenters. The summed E-state index contributed by atoms with van der Waals surface area (Å²) >= 11 is 1.18. The van der Waals surface area contributed by atoms with Crippen molar-refractivity contribution in [2.45, 2.75) is 24.1 Å². The molecule has 0 saturated heterocycles. The van der Waals surface area contributed by atoms with Crippen molar-refractivity contribution in [1.82, 2.24) is 15.2 Å². The van der Waals surface area contributed by atoms with Crippen molar-refractivity contribution < 1.29 is 9.21 Å². The Morgan fingerprint density at radius 1 is 1.13 bits per heavy atom. The first-order valence-corrected chi connectivity index (χ1v) is 7.70. The molecule has 116 valence electrons. The number of hydrogen-bond acceptors (Lipinski definition) is 6. The number of nitrogens with zero attached hydrogens (tertiary/aromatic N) is 3. The van der Waals surface area contributed by atoms with Crippen LogP contribution in [0.3, 0.4) is 0 Å². The third-order valence-electron chi connectivity index (χ3n) is 3.04. The van der Waals surface area contributed by atoms with Gasteiger partial charge in [-0.3, -0.25) is 4.79 Å². The van der Waals surface area contributed by atoms with Gasteiger partial charge >= 0.3 is 0 Å². The van der Waals surface area contributed by atoms with Gasteiger partial charge in [-0.2, -0.15) is 0 Å². The first kappa shape index (κ1) is 15.2. The number of aryl methyl sites for hydroxylation is 2. The normalized spacial score (nSPS) is 10.7. The Kier molecular flexibility index (Phi) is 4.12. The summed E-state index contributed by atoms with van der Waals surface area (Å²) in [5, 5.41) is 9.00. The molecule has 0 aliphatic rings. The Labute approximate surface area is 137 Å². The van der Waals surface area contributed by atoms with Crippen LogP contribution in [0.25, 0.3) is 11.5 Å². The van der Waals surface area contributed by atoms with E-state index in [9.17, 15) is 4.79 Å². The molecule has 0 saturated carbocycles. The lowest BCUT2D eigenvalue weighted by Gasteiger charge is -2.00. The second-order valence-electron chi connectivity index (χ2n) is 5.08. The zero-order valence-electron chi connectivity index (χ0n) is 12.6. The van der Waals surface area contributed by atoms with E-state index in [1.807, 2.05) is 26.0 Å². The molecule has 0 radical (unpaired) electrons. The predicted octanol–water partition coefficient (Wildman–Crippen LogP) is 3.00. The van der Waals surface area contributed by atoms with E-state index in [-0.39, 0.29) is 5.69 Å². The van der Waals surface area contributed by atoms with Crippen LogP contribution in [0.4, 0.5) is 0 Å². The number of pyridine rings is 1. The summed E-state index contributed by atoms with van der Waals surface area (Å²) in [4.78, 5) is 15.3. The van der Waals surface area contributed by atoms with Crippen molar-refractivity contribution in [2.24, 2.45) is 5.73 Å². The lowest BCUT2D eigenvalue weighted by molar-refractivity contribution is 0.0995. The number of carbonyl (C=O) groups is 1. The maximum Gasteiger partial charge on any atom is 0.283 e. The third kappa shape index (κ3) is 3.57. The molecule has 23 heavy (non-hydrogen) atoms. The molecule has 0 fully saturated rings. The highest BCUT2D eigenvalue weighted by Gasteiger charge is 2.12. The van der Waals surface area contributed by atoms with Crippen LogP contribution in [0.5, 0.6) is 0 Å². The smallest absolute Gasteiger partial charge is 0.283 e. The number of rotatable bonds is 4. The van der Waals surface area contributed by atoms with E-state index in [2.05, 4.69) is 21.2 Å². The van der Waals surface area contributed by atoms with Crippen molar-refractivity contribution in [3.05, 3.63) is 53.2 Å². The van der Waals surface area contributed by atoms with Crippen molar-refractivity contribution in [2.75, 3.05) is 0 Å². The van der Waals surface area contributed by atoms with Gasteiger partial charge in [0.2, 0.25) is 5.89 Å². The second kappa shape index (κ2) is 6.21. The van der Waals surface area contributed by atoms with Gasteiger partial charge in [0, 0.05) is 5.56 Å². The van der Waals surface area contributed by atoms with Crippen LogP contribution >= 0.6 is 11.8 Å². The van der Waals surface area contributed by atoms with Gasteiger partial charge in [0.25, 0.3) is 11.1 Å². The van der Waals surface area contributed by atoms with E-state index in [1.54, 1.807) is 18.2 Å². The van der Waals surface area contributed by atoms with Crippen molar-refractivity contribution in [3.63, 3.8) is 0 Å².